The summed E-state index contributed by atoms with van der Waals surface area (Å²) in [6.45, 7) is 5.49. The third-order valence-corrected chi connectivity index (χ3v) is 2.99. The van der Waals surface area contributed by atoms with Crippen molar-refractivity contribution in [3.05, 3.63) is 0 Å². The highest BCUT2D eigenvalue weighted by molar-refractivity contribution is 5.90. The Morgan fingerprint density at radius 3 is 2.65 bits per heavy atom. The van der Waals surface area contributed by atoms with Gasteiger partial charge in [-0.1, -0.05) is 0 Å². The van der Waals surface area contributed by atoms with E-state index in [4.69, 9.17) is 5.11 Å². The molecule has 1 saturated heterocycles. The maximum Gasteiger partial charge on any atom is 0.309 e. The Bertz CT molecular complexity index is 351. The highest BCUT2D eigenvalue weighted by atomic mass is 16.4. The van der Waals surface area contributed by atoms with Crippen molar-refractivity contribution in [1.82, 2.24) is 10.2 Å². The number of nitrogens with zero attached hydrogens (tertiary/aromatic N) is 1. The van der Waals surface area contributed by atoms with Crippen LogP contribution in [-0.4, -0.2) is 46.9 Å². The first-order valence-corrected chi connectivity index (χ1v) is 5.56. The molecule has 1 atom stereocenters. The minimum atomic E-state index is -1.11. The van der Waals surface area contributed by atoms with E-state index in [1.165, 1.54) is 18.7 Å². The van der Waals surface area contributed by atoms with Gasteiger partial charge in [-0.2, -0.15) is 0 Å². The van der Waals surface area contributed by atoms with Crippen LogP contribution in [0.25, 0.3) is 0 Å². The van der Waals surface area contributed by atoms with E-state index in [1.54, 1.807) is 6.92 Å². The maximum absolute atomic E-state index is 12.0. The smallest absolute Gasteiger partial charge is 0.309 e. The van der Waals surface area contributed by atoms with Crippen LogP contribution in [0.4, 0.5) is 0 Å². The first kappa shape index (κ1) is 13.5. The number of carbonyl (C=O) groups is 3. The second-order valence-electron chi connectivity index (χ2n) is 4.92. The zero-order valence-electron chi connectivity index (χ0n) is 10.3. The number of carboxylic acid groups (broad SMARTS) is 1. The van der Waals surface area contributed by atoms with Crippen LogP contribution < -0.4 is 5.32 Å². The van der Waals surface area contributed by atoms with Crippen molar-refractivity contribution >= 4 is 17.8 Å². The van der Waals surface area contributed by atoms with Gasteiger partial charge in [-0.3, -0.25) is 14.4 Å². The maximum atomic E-state index is 12.0. The number of nitrogens with one attached hydrogen (secondary N) is 1. The lowest BCUT2D eigenvalue weighted by Crippen LogP contribution is -2.56. The lowest BCUT2D eigenvalue weighted by Gasteiger charge is -2.34. The fraction of sp³-hybridized carbons (Fsp3) is 0.727. The number of hydrogen-bond acceptors (Lipinski definition) is 3. The van der Waals surface area contributed by atoms with Crippen LogP contribution in [0.15, 0.2) is 0 Å². The molecule has 2 amide bonds. The molecule has 0 saturated carbocycles. The molecule has 0 bridgehead atoms. The van der Waals surface area contributed by atoms with Gasteiger partial charge in [0, 0.05) is 19.5 Å². The fourth-order valence-corrected chi connectivity index (χ4v) is 1.68. The Labute approximate surface area is 100.0 Å². The monoisotopic (exact) mass is 242 g/mol. The quantitative estimate of drug-likeness (QED) is 0.719. The average molecular weight is 242 g/mol. The summed E-state index contributed by atoms with van der Waals surface area (Å²) in [5.41, 5.74) is -1.11. The van der Waals surface area contributed by atoms with E-state index in [9.17, 15) is 14.4 Å². The van der Waals surface area contributed by atoms with Gasteiger partial charge in [0.2, 0.25) is 11.8 Å². The van der Waals surface area contributed by atoms with Crippen LogP contribution in [0.3, 0.4) is 0 Å². The SMILES string of the molecule is CC1C(=O)NCCN1C(=O)CC(C)(C)C(=O)O. The summed E-state index contributed by atoms with van der Waals surface area (Å²) >= 11 is 0. The third-order valence-electron chi connectivity index (χ3n) is 2.99. The lowest BCUT2D eigenvalue weighted by atomic mass is 9.88. The topological polar surface area (TPSA) is 86.7 Å². The summed E-state index contributed by atoms with van der Waals surface area (Å²) in [5, 5.41) is 11.6. The average Bonchev–Trinajstić information content (AvgIpc) is 2.21. The molecule has 1 rings (SSSR count). The largest absolute Gasteiger partial charge is 0.481 e. The molecule has 0 radical (unpaired) electrons. The van der Waals surface area contributed by atoms with Crippen molar-refractivity contribution < 1.29 is 19.5 Å². The van der Waals surface area contributed by atoms with Crippen molar-refractivity contribution in [2.24, 2.45) is 5.41 Å². The van der Waals surface area contributed by atoms with Crippen LogP contribution in [0, 0.1) is 5.41 Å². The molecule has 2 N–H and O–H groups in total. The van der Waals surface area contributed by atoms with Crippen LogP contribution in [-0.2, 0) is 14.4 Å². The van der Waals surface area contributed by atoms with E-state index in [1.807, 2.05) is 0 Å². The molecule has 1 aliphatic heterocycles. The van der Waals surface area contributed by atoms with Crippen molar-refractivity contribution in [2.75, 3.05) is 13.1 Å². The van der Waals surface area contributed by atoms with Gasteiger partial charge in [0.05, 0.1) is 5.41 Å². The number of carbonyl (C=O) groups excluding carboxylic acids is 2. The summed E-state index contributed by atoms with van der Waals surface area (Å²) < 4.78 is 0. The van der Waals surface area contributed by atoms with Gasteiger partial charge in [-0.15, -0.1) is 0 Å². The Morgan fingerprint density at radius 1 is 1.53 bits per heavy atom. The number of aliphatic carboxylic acids is 1. The normalized spacial score (nSPS) is 21.0. The molecule has 17 heavy (non-hydrogen) atoms. The molecule has 1 fully saturated rings. The van der Waals surface area contributed by atoms with Gasteiger partial charge >= 0.3 is 5.97 Å². The molecular weight excluding hydrogens is 224 g/mol. The Hall–Kier alpha value is -1.59. The number of carboxylic acids is 1. The van der Waals surface area contributed by atoms with Gasteiger partial charge < -0.3 is 15.3 Å². The zero-order valence-corrected chi connectivity index (χ0v) is 10.3. The summed E-state index contributed by atoms with van der Waals surface area (Å²) in [6.07, 6.45) is -0.0973. The Kier molecular flexibility index (Phi) is 3.75. The second-order valence-corrected chi connectivity index (χ2v) is 4.92. The van der Waals surface area contributed by atoms with Crippen LogP contribution in [0.1, 0.15) is 27.2 Å². The molecule has 0 aromatic rings. The first-order chi connectivity index (χ1) is 7.75. The van der Waals surface area contributed by atoms with Crippen molar-refractivity contribution in [3.63, 3.8) is 0 Å². The molecule has 96 valence electrons. The van der Waals surface area contributed by atoms with E-state index in [0.29, 0.717) is 13.1 Å². The highest BCUT2D eigenvalue weighted by Gasteiger charge is 2.35. The summed E-state index contributed by atoms with van der Waals surface area (Å²) in [7, 11) is 0. The Balaban J connectivity index is 2.70. The van der Waals surface area contributed by atoms with Crippen LogP contribution in [0.2, 0.25) is 0 Å². The molecule has 1 aliphatic rings. The van der Waals surface area contributed by atoms with E-state index in [-0.39, 0.29) is 18.2 Å². The van der Waals surface area contributed by atoms with Gasteiger partial charge in [0.1, 0.15) is 6.04 Å². The summed E-state index contributed by atoms with van der Waals surface area (Å²) in [5.74, 6) is -1.50. The first-order valence-electron chi connectivity index (χ1n) is 5.56. The van der Waals surface area contributed by atoms with Crippen molar-refractivity contribution in [3.8, 4) is 0 Å². The van der Waals surface area contributed by atoms with E-state index in [0.717, 1.165) is 0 Å². The number of piperazine rings is 1. The lowest BCUT2D eigenvalue weighted by molar-refractivity contribution is -0.153. The molecule has 1 heterocycles. The van der Waals surface area contributed by atoms with Gasteiger partial charge in [-0.25, -0.2) is 0 Å². The highest BCUT2D eigenvalue weighted by Crippen LogP contribution is 2.22. The Morgan fingerprint density at radius 2 is 2.12 bits per heavy atom. The molecule has 0 spiro atoms. The van der Waals surface area contributed by atoms with Crippen molar-refractivity contribution in [2.45, 2.75) is 33.2 Å². The van der Waals surface area contributed by atoms with E-state index < -0.39 is 17.4 Å². The number of amides is 2. The van der Waals surface area contributed by atoms with Crippen LogP contribution >= 0.6 is 0 Å². The van der Waals surface area contributed by atoms with Crippen molar-refractivity contribution in [1.29, 1.82) is 0 Å². The summed E-state index contributed by atoms with van der Waals surface area (Å²) in [4.78, 5) is 35.7. The molecule has 0 aromatic heterocycles. The van der Waals surface area contributed by atoms with E-state index in [2.05, 4.69) is 5.32 Å². The standard InChI is InChI=1S/C11H18N2O4/c1-7-9(15)12-4-5-13(7)8(14)6-11(2,3)10(16)17/h7H,4-6H2,1-3H3,(H,12,15)(H,16,17). The molecular formula is C11H18N2O4. The van der Waals surface area contributed by atoms with Gasteiger partial charge in [0.15, 0.2) is 0 Å². The van der Waals surface area contributed by atoms with Gasteiger partial charge in [-0.05, 0) is 20.8 Å². The second kappa shape index (κ2) is 4.73. The molecule has 1 unspecified atom stereocenters. The number of rotatable bonds is 3. The number of hydrogen-bond donors (Lipinski definition) is 2. The molecule has 6 nitrogen and oxygen atoms in total. The predicted octanol–water partition coefficient (Wildman–Crippen LogP) is -0.166. The molecule has 0 aliphatic carbocycles. The predicted molar refractivity (Wildman–Crippen MR) is 60.2 cm³/mol. The van der Waals surface area contributed by atoms with Gasteiger partial charge in [0.25, 0.3) is 0 Å². The minimum absolute atomic E-state index is 0.0973. The zero-order chi connectivity index (χ0) is 13.2. The van der Waals surface area contributed by atoms with Crippen LogP contribution in [0.5, 0.6) is 0 Å². The van der Waals surface area contributed by atoms with E-state index >= 15 is 0 Å². The third kappa shape index (κ3) is 2.95. The molecule has 6 heteroatoms. The minimum Gasteiger partial charge on any atom is -0.481 e. The fourth-order valence-electron chi connectivity index (χ4n) is 1.68. The molecule has 0 aromatic carbocycles. The summed E-state index contributed by atoms with van der Waals surface area (Å²) in [6, 6.07) is -0.527.